The third-order valence-corrected chi connectivity index (χ3v) is 4.02. The fraction of sp³-hybridized carbons (Fsp3) is 0.846. The molecule has 18 heavy (non-hydrogen) atoms. The van der Waals surface area contributed by atoms with E-state index in [1.165, 1.54) is 0 Å². The fourth-order valence-corrected chi connectivity index (χ4v) is 2.83. The summed E-state index contributed by atoms with van der Waals surface area (Å²) < 4.78 is 0. The van der Waals surface area contributed by atoms with Gasteiger partial charge in [-0.1, -0.05) is 12.8 Å². The van der Waals surface area contributed by atoms with Crippen molar-refractivity contribution in [3.05, 3.63) is 0 Å². The van der Waals surface area contributed by atoms with Gasteiger partial charge in [-0.15, -0.1) is 0 Å². The minimum atomic E-state index is -0.429. The van der Waals surface area contributed by atoms with Crippen molar-refractivity contribution in [2.24, 2.45) is 5.92 Å². The van der Waals surface area contributed by atoms with Crippen LogP contribution in [-0.2, 0) is 9.59 Å². The Morgan fingerprint density at radius 3 is 2.78 bits per heavy atom. The van der Waals surface area contributed by atoms with Crippen molar-refractivity contribution in [2.75, 3.05) is 13.1 Å². The number of nitrogens with zero attached hydrogens (tertiary/aromatic N) is 1. The smallest absolute Gasteiger partial charge is 0.225 e. The second-order valence-corrected chi connectivity index (χ2v) is 5.30. The lowest BCUT2D eigenvalue weighted by atomic mass is 9.92. The molecule has 1 aliphatic heterocycles. The molecule has 2 rings (SSSR count). The molecular weight excluding hydrogens is 232 g/mol. The van der Waals surface area contributed by atoms with Crippen LogP contribution in [0.5, 0.6) is 0 Å². The van der Waals surface area contributed by atoms with Crippen LogP contribution in [0.2, 0.25) is 0 Å². The molecule has 1 saturated carbocycles. The van der Waals surface area contributed by atoms with Crippen molar-refractivity contribution in [3.8, 4) is 0 Å². The van der Waals surface area contributed by atoms with Crippen LogP contribution in [0.4, 0.5) is 0 Å². The van der Waals surface area contributed by atoms with Gasteiger partial charge in [-0.3, -0.25) is 9.59 Å². The van der Waals surface area contributed by atoms with Gasteiger partial charge in [0.05, 0.1) is 18.1 Å². The third kappa shape index (κ3) is 2.83. The Labute approximate surface area is 108 Å². The molecule has 5 nitrogen and oxygen atoms in total. The molecule has 3 atom stereocenters. The lowest BCUT2D eigenvalue weighted by Gasteiger charge is -2.29. The zero-order valence-corrected chi connectivity index (χ0v) is 10.9. The van der Waals surface area contributed by atoms with E-state index in [9.17, 15) is 14.7 Å². The molecule has 0 bridgehead atoms. The molecule has 0 spiro atoms. The number of hydrogen-bond acceptors (Lipinski definition) is 3. The monoisotopic (exact) mass is 254 g/mol. The Kier molecular flexibility index (Phi) is 4.22. The van der Waals surface area contributed by atoms with Gasteiger partial charge in [0.25, 0.3) is 0 Å². The molecule has 3 unspecified atom stereocenters. The summed E-state index contributed by atoms with van der Waals surface area (Å²) in [6.45, 7) is 3.10. The van der Waals surface area contributed by atoms with E-state index >= 15 is 0 Å². The number of carbonyl (C=O) groups is 2. The summed E-state index contributed by atoms with van der Waals surface area (Å²) >= 11 is 0. The standard InChI is InChI=1S/C13H22N2O3/c1-2-15-8-9(7-12(15)17)13(18)14-10-5-3-4-6-11(10)16/h9-11,16H,2-8H2,1H3,(H,14,18). The molecule has 2 fully saturated rings. The third-order valence-electron chi connectivity index (χ3n) is 4.02. The van der Waals surface area contributed by atoms with Gasteiger partial charge in [0.1, 0.15) is 0 Å². The highest BCUT2D eigenvalue weighted by Gasteiger charge is 2.35. The summed E-state index contributed by atoms with van der Waals surface area (Å²) in [4.78, 5) is 25.3. The molecule has 102 valence electrons. The van der Waals surface area contributed by atoms with Crippen molar-refractivity contribution in [1.82, 2.24) is 10.2 Å². The maximum atomic E-state index is 12.1. The van der Waals surface area contributed by atoms with Crippen molar-refractivity contribution in [2.45, 2.75) is 51.2 Å². The number of rotatable bonds is 3. The first-order valence-corrected chi connectivity index (χ1v) is 6.88. The maximum absolute atomic E-state index is 12.1. The highest BCUT2D eigenvalue weighted by Crippen LogP contribution is 2.21. The van der Waals surface area contributed by atoms with E-state index in [0.29, 0.717) is 19.5 Å². The Hall–Kier alpha value is -1.10. The summed E-state index contributed by atoms with van der Waals surface area (Å²) in [5.74, 6) is -0.265. The molecule has 5 heteroatoms. The Balaban J connectivity index is 1.86. The zero-order chi connectivity index (χ0) is 13.1. The summed E-state index contributed by atoms with van der Waals surface area (Å²) in [6, 6.07) is -0.128. The molecule has 1 saturated heterocycles. The predicted octanol–water partition coefficient (Wildman–Crippen LogP) is 0.274. The van der Waals surface area contributed by atoms with Crippen LogP contribution < -0.4 is 5.32 Å². The van der Waals surface area contributed by atoms with Gasteiger partial charge < -0.3 is 15.3 Å². The number of hydrogen-bond donors (Lipinski definition) is 2. The van der Waals surface area contributed by atoms with Crippen molar-refractivity contribution >= 4 is 11.8 Å². The van der Waals surface area contributed by atoms with Gasteiger partial charge in [0, 0.05) is 19.5 Å². The van der Waals surface area contributed by atoms with Crippen LogP contribution in [0.1, 0.15) is 39.0 Å². The van der Waals surface area contributed by atoms with Gasteiger partial charge in [-0.05, 0) is 19.8 Å². The van der Waals surface area contributed by atoms with Crippen LogP contribution in [-0.4, -0.2) is 47.1 Å². The van der Waals surface area contributed by atoms with Gasteiger partial charge >= 0.3 is 0 Å². The number of carbonyl (C=O) groups excluding carboxylic acids is 2. The largest absolute Gasteiger partial charge is 0.391 e. The van der Waals surface area contributed by atoms with Crippen LogP contribution >= 0.6 is 0 Å². The molecule has 0 aromatic rings. The Bertz CT molecular complexity index is 332. The van der Waals surface area contributed by atoms with Crippen molar-refractivity contribution in [3.63, 3.8) is 0 Å². The quantitative estimate of drug-likeness (QED) is 0.760. The first-order chi connectivity index (χ1) is 8.61. The highest BCUT2D eigenvalue weighted by atomic mass is 16.3. The van der Waals surface area contributed by atoms with E-state index in [2.05, 4.69) is 5.32 Å². The fourth-order valence-electron chi connectivity index (χ4n) is 2.83. The lowest BCUT2D eigenvalue weighted by Crippen LogP contribution is -2.47. The van der Waals surface area contributed by atoms with Gasteiger partial charge in [-0.25, -0.2) is 0 Å². The van der Waals surface area contributed by atoms with Crippen LogP contribution in [0, 0.1) is 5.92 Å². The highest BCUT2D eigenvalue weighted by molar-refractivity contribution is 5.89. The molecular formula is C13H22N2O3. The Morgan fingerprint density at radius 2 is 2.17 bits per heavy atom. The van der Waals surface area contributed by atoms with E-state index in [0.717, 1.165) is 25.7 Å². The lowest BCUT2D eigenvalue weighted by molar-refractivity contribution is -0.129. The van der Waals surface area contributed by atoms with E-state index in [4.69, 9.17) is 0 Å². The number of nitrogens with one attached hydrogen (secondary N) is 1. The van der Waals surface area contributed by atoms with Crippen LogP contribution in [0.3, 0.4) is 0 Å². The van der Waals surface area contributed by atoms with Crippen molar-refractivity contribution in [1.29, 1.82) is 0 Å². The SMILES string of the molecule is CCN1CC(C(=O)NC2CCCCC2O)CC1=O. The first-order valence-electron chi connectivity index (χ1n) is 6.88. The molecule has 2 N–H and O–H groups in total. The minimum absolute atomic E-state index is 0.0573. The number of aliphatic hydroxyl groups excluding tert-OH is 1. The second kappa shape index (κ2) is 5.69. The van der Waals surface area contributed by atoms with E-state index in [1.807, 2.05) is 6.92 Å². The van der Waals surface area contributed by atoms with Crippen molar-refractivity contribution < 1.29 is 14.7 Å². The first kappa shape index (κ1) is 13.3. The molecule has 1 aliphatic carbocycles. The normalized spacial score (nSPS) is 32.7. The average molecular weight is 254 g/mol. The van der Waals surface area contributed by atoms with E-state index in [1.54, 1.807) is 4.90 Å². The average Bonchev–Trinajstić information content (AvgIpc) is 2.73. The van der Waals surface area contributed by atoms with Crippen LogP contribution in [0.25, 0.3) is 0 Å². The summed E-state index contributed by atoms with van der Waals surface area (Å²) in [7, 11) is 0. The van der Waals surface area contributed by atoms with Crippen LogP contribution in [0.15, 0.2) is 0 Å². The number of amides is 2. The summed E-state index contributed by atoms with van der Waals surface area (Å²) in [5.41, 5.74) is 0. The molecule has 2 aliphatic rings. The van der Waals surface area contributed by atoms with Gasteiger partial charge in [-0.2, -0.15) is 0 Å². The summed E-state index contributed by atoms with van der Waals surface area (Å²) in [6.07, 6.45) is 3.55. The maximum Gasteiger partial charge on any atom is 0.225 e. The summed E-state index contributed by atoms with van der Waals surface area (Å²) in [5, 5.41) is 12.7. The predicted molar refractivity (Wildman–Crippen MR) is 66.8 cm³/mol. The van der Waals surface area contributed by atoms with E-state index in [-0.39, 0.29) is 23.8 Å². The zero-order valence-electron chi connectivity index (χ0n) is 10.9. The van der Waals surface area contributed by atoms with Gasteiger partial charge in [0.2, 0.25) is 11.8 Å². The number of aliphatic hydroxyl groups is 1. The number of likely N-dealkylation sites (tertiary alicyclic amines) is 1. The topological polar surface area (TPSA) is 69.6 Å². The Morgan fingerprint density at radius 1 is 1.44 bits per heavy atom. The van der Waals surface area contributed by atoms with Gasteiger partial charge in [0.15, 0.2) is 0 Å². The molecule has 0 aromatic heterocycles. The molecule has 0 aromatic carbocycles. The second-order valence-electron chi connectivity index (χ2n) is 5.30. The van der Waals surface area contributed by atoms with E-state index < -0.39 is 6.10 Å². The minimum Gasteiger partial charge on any atom is -0.391 e. The molecule has 0 radical (unpaired) electrons. The molecule has 1 heterocycles. The molecule has 2 amide bonds.